The maximum atomic E-state index is 13.7. The Morgan fingerprint density at radius 2 is 1.70 bits per heavy atom. The van der Waals surface area contributed by atoms with Crippen molar-refractivity contribution in [2.45, 2.75) is 61.3 Å². The van der Waals surface area contributed by atoms with E-state index < -0.39 is 7.40 Å². The molecule has 0 spiro atoms. The van der Waals surface area contributed by atoms with Crippen molar-refractivity contribution in [3.63, 3.8) is 0 Å². The van der Waals surface area contributed by atoms with E-state index in [0.717, 1.165) is 40.9 Å². The van der Waals surface area contributed by atoms with Crippen molar-refractivity contribution in [3.8, 4) is 0 Å². The molecule has 2 nitrogen and oxygen atoms in total. The summed E-state index contributed by atoms with van der Waals surface area (Å²) in [5.41, 5.74) is 8.75. The smallest absolute Gasteiger partial charge is 0.433 e. The van der Waals surface area contributed by atoms with Gasteiger partial charge in [-0.2, -0.15) is 0 Å². The number of hydrogen-bond acceptors (Lipinski definition) is 0. The normalized spacial score (nSPS) is 17.8. The van der Waals surface area contributed by atoms with E-state index in [1.807, 2.05) is 27.7 Å². The zero-order valence-corrected chi connectivity index (χ0v) is 15.2. The fourth-order valence-corrected chi connectivity index (χ4v) is 3.95. The van der Waals surface area contributed by atoms with Crippen LogP contribution in [0.4, 0.5) is 8.63 Å². The van der Waals surface area contributed by atoms with Crippen molar-refractivity contribution < 1.29 is 13.1 Å². The van der Waals surface area contributed by atoms with Crippen LogP contribution >= 0.6 is 0 Å². The van der Waals surface area contributed by atoms with Crippen LogP contribution in [0.3, 0.4) is 0 Å². The van der Waals surface area contributed by atoms with Crippen molar-refractivity contribution in [1.82, 2.24) is 4.98 Å². The number of H-pyrrole nitrogens is 1. The number of nitrogens with zero attached hydrogens (tertiary/aromatic N) is 1. The molecule has 0 unspecified atom stereocenters. The van der Waals surface area contributed by atoms with E-state index in [1.54, 1.807) is 6.92 Å². The minimum absolute atomic E-state index is 0.654. The highest BCUT2D eigenvalue weighted by Crippen LogP contribution is 2.35. The second-order valence-electron chi connectivity index (χ2n) is 6.25. The Balaban J connectivity index is 2.75. The summed E-state index contributed by atoms with van der Waals surface area (Å²) in [6.07, 6.45) is 1.70. The minimum atomic E-state index is -2.53. The van der Waals surface area contributed by atoms with Gasteiger partial charge in [-0.25, -0.2) is 0 Å². The molecule has 5 heteroatoms. The van der Waals surface area contributed by atoms with Crippen molar-refractivity contribution >= 4 is 18.7 Å². The number of aryl methyl sites for hydroxylation is 1. The molecule has 2 rings (SSSR count). The van der Waals surface area contributed by atoms with Gasteiger partial charge in [-0.1, -0.05) is 13.8 Å². The Morgan fingerprint density at radius 3 is 2.13 bits per heavy atom. The lowest BCUT2D eigenvalue weighted by Crippen LogP contribution is -2.25. The van der Waals surface area contributed by atoms with Gasteiger partial charge in [0.25, 0.3) is 0 Å². The summed E-state index contributed by atoms with van der Waals surface area (Å²) in [4.78, 5) is 3.41. The summed E-state index contributed by atoms with van der Waals surface area (Å²) >= 11 is 0. The molecule has 0 saturated heterocycles. The van der Waals surface area contributed by atoms with Crippen LogP contribution in [0.1, 0.15) is 63.6 Å². The number of aromatic nitrogens is 1. The van der Waals surface area contributed by atoms with Crippen molar-refractivity contribution in [2.24, 2.45) is 0 Å². The molecule has 0 fully saturated rings. The lowest BCUT2D eigenvalue weighted by atomic mass is 9.98. The zero-order chi connectivity index (χ0) is 17.5. The van der Waals surface area contributed by atoms with Crippen molar-refractivity contribution in [2.75, 3.05) is 0 Å². The lowest BCUT2D eigenvalue weighted by Gasteiger charge is -2.14. The molecule has 0 atom stereocenters. The number of halogens is 2. The SMILES string of the molecule is CCC1=C(C)/C(=C(/C)c2[nH]c(C)c(CC)c2C)[N+]([B-](F)F)=C1C. The monoisotopic (exact) mass is 319 g/mol. The van der Waals surface area contributed by atoms with Crippen molar-refractivity contribution in [3.05, 3.63) is 39.4 Å². The summed E-state index contributed by atoms with van der Waals surface area (Å²) in [6, 6.07) is 0. The Bertz CT molecular complexity index is 736. The van der Waals surface area contributed by atoms with Crippen molar-refractivity contribution in [1.29, 1.82) is 0 Å². The summed E-state index contributed by atoms with van der Waals surface area (Å²) in [5, 5.41) is 0. The Labute approximate surface area is 138 Å². The highest BCUT2D eigenvalue weighted by Gasteiger charge is 2.34. The molecule has 23 heavy (non-hydrogen) atoms. The predicted molar refractivity (Wildman–Crippen MR) is 94.1 cm³/mol. The predicted octanol–water partition coefficient (Wildman–Crippen LogP) is 5.06. The van der Waals surface area contributed by atoms with Gasteiger partial charge in [-0.05, 0) is 51.7 Å². The first kappa shape index (κ1) is 17.7. The molecule has 0 aromatic carbocycles. The summed E-state index contributed by atoms with van der Waals surface area (Å²) in [6.45, 7) is 13.9. The number of allylic oxidation sites excluding steroid dienone is 3. The van der Waals surface area contributed by atoms with Crippen LogP contribution in [-0.4, -0.2) is 22.6 Å². The third-order valence-electron chi connectivity index (χ3n) is 5.07. The van der Waals surface area contributed by atoms with Crippen LogP contribution in [-0.2, 0) is 6.42 Å². The fraction of sp³-hybridized carbons (Fsp3) is 0.500. The van der Waals surface area contributed by atoms with E-state index in [1.165, 1.54) is 15.6 Å². The second-order valence-corrected chi connectivity index (χ2v) is 6.25. The Kier molecular flexibility index (Phi) is 4.97. The first-order valence-electron chi connectivity index (χ1n) is 8.26. The molecule has 1 N–H and O–H groups in total. The van der Waals surface area contributed by atoms with Gasteiger partial charge in [-0.3, -0.25) is 0 Å². The number of aromatic amines is 1. The lowest BCUT2D eigenvalue weighted by molar-refractivity contribution is -0.343. The maximum absolute atomic E-state index is 13.7. The molecular formula is C18H26BF2N2. The highest BCUT2D eigenvalue weighted by molar-refractivity contribution is 6.35. The maximum Gasteiger partial charge on any atom is 0.609 e. The van der Waals surface area contributed by atoms with E-state index in [4.69, 9.17) is 0 Å². The van der Waals surface area contributed by atoms with Crippen LogP contribution in [0.2, 0.25) is 0 Å². The van der Waals surface area contributed by atoms with Crippen LogP contribution in [0.5, 0.6) is 0 Å². The van der Waals surface area contributed by atoms with Gasteiger partial charge in [0.1, 0.15) is 5.71 Å². The van der Waals surface area contributed by atoms with E-state index >= 15 is 0 Å². The average molecular weight is 319 g/mol. The molecule has 1 aliphatic heterocycles. The first-order valence-corrected chi connectivity index (χ1v) is 8.26. The molecular weight excluding hydrogens is 293 g/mol. The molecule has 1 aromatic rings. The number of nitrogens with one attached hydrogen (secondary N) is 1. The minimum Gasteiger partial charge on any atom is -0.433 e. The van der Waals surface area contributed by atoms with Gasteiger partial charge in [0.15, 0.2) is 5.70 Å². The molecule has 0 saturated carbocycles. The second kappa shape index (κ2) is 6.46. The average Bonchev–Trinajstić information content (AvgIpc) is 2.91. The largest absolute Gasteiger partial charge is 0.609 e. The van der Waals surface area contributed by atoms with Crippen LogP contribution in [0, 0.1) is 13.8 Å². The summed E-state index contributed by atoms with van der Waals surface area (Å²) in [5.74, 6) is 0. The quantitative estimate of drug-likeness (QED) is 0.748. The third kappa shape index (κ3) is 2.70. The van der Waals surface area contributed by atoms with Gasteiger partial charge >= 0.3 is 7.40 Å². The van der Waals surface area contributed by atoms with Gasteiger partial charge in [0, 0.05) is 29.3 Å². The molecule has 1 radical (unpaired) electrons. The van der Waals surface area contributed by atoms with E-state index in [2.05, 4.69) is 18.8 Å². The topological polar surface area (TPSA) is 18.8 Å². The van der Waals surface area contributed by atoms with E-state index in [0.29, 0.717) is 11.4 Å². The summed E-state index contributed by atoms with van der Waals surface area (Å²) < 4.78 is 28.6. The third-order valence-corrected chi connectivity index (χ3v) is 5.07. The standard InChI is InChI=1S/C18H26BF2N2/c1-8-15-10(3)17(22-13(15)6)12(5)18-11(4)16(9-2)14(7)23(18)19(20)21/h22H,8-9H2,1-7H3/b18-12+. The number of rotatable bonds is 4. The molecule has 0 amide bonds. The fourth-order valence-electron chi connectivity index (χ4n) is 3.95. The molecule has 2 heterocycles. The van der Waals surface area contributed by atoms with Gasteiger partial charge in [0.2, 0.25) is 0 Å². The van der Waals surface area contributed by atoms with Crippen LogP contribution in [0.15, 0.2) is 16.8 Å². The number of hydrogen-bond donors (Lipinski definition) is 1. The Morgan fingerprint density at radius 1 is 1.09 bits per heavy atom. The highest BCUT2D eigenvalue weighted by atomic mass is 19.2. The molecule has 1 aromatic heterocycles. The van der Waals surface area contributed by atoms with E-state index in [-0.39, 0.29) is 0 Å². The van der Waals surface area contributed by atoms with Gasteiger partial charge in [0.05, 0.1) is 5.69 Å². The Hall–Kier alpha value is -1.65. The van der Waals surface area contributed by atoms with Crippen LogP contribution < -0.4 is 0 Å². The van der Waals surface area contributed by atoms with E-state index in [9.17, 15) is 8.63 Å². The van der Waals surface area contributed by atoms with Gasteiger partial charge < -0.3 is 18.1 Å². The van der Waals surface area contributed by atoms with Crippen LogP contribution in [0.25, 0.3) is 5.57 Å². The summed E-state index contributed by atoms with van der Waals surface area (Å²) in [7, 11) is -2.53. The van der Waals surface area contributed by atoms with Gasteiger partial charge in [-0.15, -0.1) is 0 Å². The molecule has 0 aliphatic carbocycles. The molecule has 125 valence electrons. The molecule has 0 bridgehead atoms. The molecule has 1 aliphatic rings. The first-order chi connectivity index (χ1) is 10.8. The zero-order valence-electron chi connectivity index (χ0n) is 15.2.